The molecule has 100 valence electrons. The highest BCUT2D eigenvalue weighted by atomic mass is 35.5. The molecule has 0 radical (unpaired) electrons. The minimum absolute atomic E-state index is 0.0743. The Balaban J connectivity index is 2.67. The van der Waals surface area contributed by atoms with Crippen LogP contribution in [0.5, 0.6) is 0 Å². The summed E-state index contributed by atoms with van der Waals surface area (Å²) < 4.78 is 0. The van der Waals surface area contributed by atoms with E-state index in [1.54, 1.807) is 12.1 Å². The Morgan fingerprint density at radius 3 is 2.56 bits per heavy atom. The summed E-state index contributed by atoms with van der Waals surface area (Å²) >= 11 is 11.7. The third-order valence-electron chi connectivity index (χ3n) is 2.99. The zero-order chi connectivity index (χ0) is 13.7. The SMILES string of the molecule is CCC(C)C(NCc1ccc(Cl)c(Cl)c1)C(=O)O. The van der Waals surface area contributed by atoms with E-state index in [1.807, 2.05) is 19.9 Å². The minimum atomic E-state index is -0.829. The van der Waals surface area contributed by atoms with Crippen LogP contribution in [0.4, 0.5) is 0 Å². The van der Waals surface area contributed by atoms with Gasteiger partial charge in [0.25, 0.3) is 0 Å². The Morgan fingerprint density at radius 1 is 1.39 bits per heavy atom. The number of carboxylic acids is 1. The van der Waals surface area contributed by atoms with Gasteiger partial charge in [0.15, 0.2) is 0 Å². The van der Waals surface area contributed by atoms with Gasteiger partial charge in [-0.05, 0) is 23.6 Å². The number of hydrogen-bond donors (Lipinski definition) is 2. The van der Waals surface area contributed by atoms with Crippen molar-refractivity contribution in [1.29, 1.82) is 0 Å². The summed E-state index contributed by atoms with van der Waals surface area (Å²) in [5.74, 6) is -0.755. The van der Waals surface area contributed by atoms with Crippen molar-refractivity contribution < 1.29 is 9.90 Å². The van der Waals surface area contributed by atoms with Gasteiger partial charge in [0.1, 0.15) is 6.04 Å². The van der Waals surface area contributed by atoms with Crippen LogP contribution >= 0.6 is 23.2 Å². The summed E-state index contributed by atoms with van der Waals surface area (Å²) in [6, 6.07) is 4.73. The van der Waals surface area contributed by atoms with Crippen molar-refractivity contribution in [3.05, 3.63) is 33.8 Å². The second kappa shape index (κ2) is 6.98. The normalized spacial score (nSPS) is 14.2. The number of carboxylic acid groups (broad SMARTS) is 1. The standard InChI is InChI=1S/C13H17Cl2NO2/c1-3-8(2)12(13(17)18)16-7-9-4-5-10(14)11(15)6-9/h4-6,8,12,16H,3,7H2,1-2H3,(H,17,18). The van der Waals surface area contributed by atoms with Gasteiger partial charge in [0.2, 0.25) is 0 Å². The number of nitrogens with one attached hydrogen (secondary N) is 1. The molecule has 0 bridgehead atoms. The highest BCUT2D eigenvalue weighted by Gasteiger charge is 2.22. The van der Waals surface area contributed by atoms with Gasteiger partial charge in [-0.1, -0.05) is 49.5 Å². The van der Waals surface area contributed by atoms with Gasteiger partial charge in [0, 0.05) is 6.54 Å². The van der Waals surface area contributed by atoms with Crippen LogP contribution in [0.2, 0.25) is 10.0 Å². The number of carbonyl (C=O) groups is 1. The molecule has 0 amide bonds. The van der Waals surface area contributed by atoms with Crippen molar-refractivity contribution in [3.8, 4) is 0 Å². The number of benzene rings is 1. The van der Waals surface area contributed by atoms with Gasteiger partial charge in [-0.25, -0.2) is 0 Å². The van der Waals surface area contributed by atoms with Crippen molar-refractivity contribution in [1.82, 2.24) is 5.32 Å². The van der Waals surface area contributed by atoms with Crippen LogP contribution in [0, 0.1) is 5.92 Å². The van der Waals surface area contributed by atoms with Crippen LogP contribution in [0.1, 0.15) is 25.8 Å². The van der Waals surface area contributed by atoms with Gasteiger partial charge in [-0.15, -0.1) is 0 Å². The van der Waals surface area contributed by atoms with Crippen molar-refractivity contribution in [3.63, 3.8) is 0 Å². The third-order valence-corrected chi connectivity index (χ3v) is 3.73. The highest BCUT2D eigenvalue weighted by Crippen LogP contribution is 2.22. The molecule has 1 rings (SSSR count). The molecular weight excluding hydrogens is 273 g/mol. The average Bonchev–Trinajstić information content (AvgIpc) is 2.33. The van der Waals surface area contributed by atoms with E-state index in [0.717, 1.165) is 12.0 Å². The molecule has 1 aromatic carbocycles. The van der Waals surface area contributed by atoms with Gasteiger partial charge >= 0.3 is 5.97 Å². The molecule has 0 aliphatic heterocycles. The molecule has 0 saturated heterocycles. The van der Waals surface area contributed by atoms with E-state index in [4.69, 9.17) is 28.3 Å². The zero-order valence-corrected chi connectivity index (χ0v) is 11.9. The molecule has 2 atom stereocenters. The topological polar surface area (TPSA) is 49.3 Å². The van der Waals surface area contributed by atoms with E-state index in [2.05, 4.69) is 5.32 Å². The second-order valence-electron chi connectivity index (χ2n) is 4.33. The largest absolute Gasteiger partial charge is 0.480 e. The quantitative estimate of drug-likeness (QED) is 0.842. The average molecular weight is 290 g/mol. The summed E-state index contributed by atoms with van der Waals surface area (Å²) in [7, 11) is 0. The summed E-state index contributed by atoms with van der Waals surface area (Å²) in [6.45, 7) is 4.35. The van der Waals surface area contributed by atoms with Crippen LogP contribution < -0.4 is 5.32 Å². The lowest BCUT2D eigenvalue weighted by molar-refractivity contribution is -0.140. The predicted molar refractivity (Wildman–Crippen MR) is 74.2 cm³/mol. The van der Waals surface area contributed by atoms with Crippen molar-refractivity contribution in [2.75, 3.05) is 0 Å². The maximum absolute atomic E-state index is 11.1. The fourth-order valence-corrected chi connectivity index (χ4v) is 1.97. The van der Waals surface area contributed by atoms with Crippen LogP contribution in [0.15, 0.2) is 18.2 Å². The lowest BCUT2D eigenvalue weighted by atomic mass is 9.99. The Kier molecular flexibility index (Phi) is 5.93. The molecule has 3 nitrogen and oxygen atoms in total. The Hall–Kier alpha value is -0.770. The molecular formula is C13H17Cl2NO2. The monoisotopic (exact) mass is 289 g/mol. The van der Waals surface area contributed by atoms with Crippen molar-refractivity contribution in [2.45, 2.75) is 32.9 Å². The van der Waals surface area contributed by atoms with Gasteiger partial charge < -0.3 is 10.4 Å². The van der Waals surface area contributed by atoms with Crippen LogP contribution in [-0.2, 0) is 11.3 Å². The maximum atomic E-state index is 11.1. The Bertz CT molecular complexity index is 423. The molecule has 5 heteroatoms. The maximum Gasteiger partial charge on any atom is 0.320 e. The molecule has 18 heavy (non-hydrogen) atoms. The molecule has 0 fully saturated rings. The minimum Gasteiger partial charge on any atom is -0.480 e. The summed E-state index contributed by atoms with van der Waals surface area (Å²) in [5.41, 5.74) is 0.916. The van der Waals surface area contributed by atoms with E-state index < -0.39 is 12.0 Å². The fraction of sp³-hybridized carbons (Fsp3) is 0.462. The van der Waals surface area contributed by atoms with Gasteiger partial charge in [0.05, 0.1) is 10.0 Å². The highest BCUT2D eigenvalue weighted by molar-refractivity contribution is 6.42. The van der Waals surface area contributed by atoms with Crippen molar-refractivity contribution in [2.24, 2.45) is 5.92 Å². The van der Waals surface area contributed by atoms with Gasteiger partial charge in [-0.3, -0.25) is 4.79 Å². The van der Waals surface area contributed by atoms with E-state index in [1.165, 1.54) is 0 Å². The molecule has 0 aliphatic rings. The Labute approximate surface area is 117 Å². The van der Waals surface area contributed by atoms with E-state index in [0.29, 0.717) is 16.6 Å². The van der Waals surface area contributed by atoms with Crippen LogP contribution in [0.3, 0.4) is 0 Å². The first-order valence-electron chi connectivity index (χ1n) is 5.85. The fourth-order valence-electron chi connectivity index (χ4n) is 1.64. The number of aliphatic carboxylic acids is 1. The number of halogens is 2. The summed E-state index contributed by atoms with van der Waals surface area (Å²) in [4.78, 5) is 11.1. The third kappa shape index (κ3) is 4.16. The summed E-state index contributed by atoms with van der Waals surface area (Å²) in [5, 5.41) is 13.1. The lowest BCUT2D eigenvalue weighted by Crippen LogP contribution is -2.41. The molecule has 0 aromatic heterocycles. The van der Waals surface area contributed by atoms with E-state index in [-0.39, 0.29) is 5.92 Å². The Morgan fingerprint density at radius 2 is 2.06 bits per heavy atom. The molecule has 0 aliphatic carbocycles. The first-order chi connectivity index (χ1) is 8.45. The van der Waals surface area contributed by atoms with Gasteiger partial charge in [-0.2, -0.15) is 0 Å². The van der Waals surface area contributed by atoms with E-state index >= 15 is 0 Å². The molecule has 1 aromatic rings. The van der Waals surface area contributed by atoms with E-state index in [9.17, 15) is 4.79 Å². The number of rotatable bonds is 6. The van der Waals surface area contributed by atoms with Crippen molar-refractivity contribution >= 4 is 29.2 Å². The predicted octanol–water partition coefficient (Wildman–Crippen LogP) is 3.58. The first kappa shape index (κ1) is 15.3. The molecule has 0 saturated carbocycles. The zero-order valence-electron chi connectivity index (χ0n) is 10.4. The van der Waals surface area contributed by atoms with Crippen LogP contribution in [0.25, 0.3) is 0 Å². The number of hydrogen-bond acceptors (Lipinski definition) is 2. The molecule has 0 heterocycles. The summed E-state index contributed by atoms with van der Waals surface area (Å²) in [6.07, 6.45) is 0.811. The smallest absolute Gasteiger partial charge is 0.320 e. The second-order valence-corrected chi connectivity index (χ2v) is 5.15. The molecule has 2 unspecified atom stereocenters. The molecule has 2 N–H and O–H groups in total. The lowest BCUT2D eigenvalue weighted by Gasteiger charge is -2.20. The van der Waals surface area contributed by atoms with Crippen LogP contribution in [-0.4, -0.2) is 17.1 Å². The first-order valence-corrected chi connectivity index (χ1v) is 6.61. The molecule has 0 spiro atoms.